The van der Waals surface area contributed by atoms with Gasteiger partial charge in [0.1, 0.15) is 0 Å². The number of benzene rings is 1. The van der Waals surface area contributed by atoms with Crippen molar-refractivity contribution in [3.8, 4) is 5.69 Å². The molecule has 5 heteroatoms. The predicted octanol–water partition coefficient (Wildman–Crippen LogP) is 2.15. The van der Waals surface area contributed by atoms with Crippen molar-refractivity contribution >= 4 is 0 Å². The van der Waals surface area contributed by atoms with Crippen LogP contribution in [0.5, 0.6) is 0 Å². The van der Waals surface area contributed by atoms with E-state index in [-0.39, 0.29) is 6.61 Å². The van der Waals surface area contributed by atoms with Gasteiger partial charge < -0.3 is 10.0 Å². The van der Waals surface area contributed by atoms with Gasteiger partial charge in [-0.05, 0) is 63.2 Å². The third-order valence-corrected chi connectivity index (χ3v) is 4.94. The number of hydrogen-bond donors (Lipinski definition) is 1. The Bertz CT molecular complexity index is 606. The Morgan fingerprint density at radius 3 is 2.79 bits per heavy atom. The number of aromatic nitrogens is 2. The van der Waals surface area contributed by atoms with E-state index >= 15 is 0 Å². The van der Waals surface area contributed by atoms with Crippen LogP contribution < -0.4 is 0 Å². The lowest BCUT2D eigenvalue weighted by atomic mass is 10.0. The van der Waals surface area contributed by atoms with Crippen LogP contribution in [0.3, 0.4) is 0 Å². The van der Waals surface area contributed by atoms with Gasteiger partial charge in [0.15, 0.2) is 0 Å². The number of likely N-dealkylation sites (tertiary alicyclic amines) is 1. The van der Waals surface area contributed by atoms with E-state index in [4.69, 9.17) is 5.11 Å². The molecule has 3 rings (SSSR count). The molecule has 1 fully saturated rings. The Morgan fingerprint density at radius 2 is 2.08 bits per heavy atom. The van der Waals surface area contributed by atoms with Crippen molar-refractivity contribution in [3.05, 3.63) is 48.3 Å². The summed E-state index contributed by atoms with van der Waals surface area (Å²) in [5.41, 5.74) is 2.46. The fourth-order valence-corrected chi connectivity index (χ4v) is 3.50. The first-order valence-corrected chi connectivity index (χ1v) is 8.88. The highest BCUT2D eigenvalue weighted by Crippen LogP contribution is 2.19. The molecule has 0 saturated carbocycles. The molecule has 24 heavy (non-hydrogen) atoms. The largest absolute Gasteiger partial charge is 0.396 e. The summed E-state index contributed by atoms with van der Waals surface area (Å²) >= 11 is 0. The molecule has 0 spiro atoms. The summed E-state index contributed by atoms with van der Waals surface area (Å²) in [7, 11) is 2.18. The summed E-state index contributed by atoms with van der Waals surface area (Å²) in [6.45, 7) is 4.56. The molecule has 1 N–H and O–H groups in total. The first-order chi connectivity index (χ1) is 11.8. The molecular weight excluding hydrogens is 300 g/mol. The summed E-state index contributed by atoms with van der Waals surface area (Å²) < 4.78 is 1.91. The fraction of sp³-hybridized carbons (Fsp3) is 0.526. The summed E-state index contributed by atoms with van der Waals surface area (Å²) in [6, 6.07) is 11.2. The molecule has 0 atom stereocenters. The highest BCUT2D eigenvalue weighted by molar-refractivity contribution is 5.35. The molecule has 1 aromatic heterocycles. The van der Waals surface area contributed by atoms with E-state index in [1.165, 1.54) is 18.4 Å². The van der Waals surface area contributed by atoms with E-state index in [0.717, 1.165) is 38.3 Å². The van der Waals surface area contributed by atoms with Gasteiger partial charge in [-0.25, -0.2) is 4.68 Å². The van der Waals surface area contributed by atoms with Crippen molar-refractivity contribution in [1.82, 2.24) is 19.6 Å². The van der Waals surface area contributed by atoms with Crippen molar-refractivity contribution in [3.63, 3.8) is 0 Å². The summed E-state index contributed by atoms with van der Waals surface area (Å²) in [4.78, 5) is 4.95. The molecule has 0 aliphatic carbocycles. The molecule has 0 radical (unpaired) electrons. The maximum absolute atomic E-state index is 8.97. The maximum atomic E-state index is 8.97. The van der Waals surface area contributed by atoms with Crippen molar-refractivity contribution < 1.29 is 5.11 Å². The molecule has 1 aliphatic heterocycles. The predicted molar refractivity (Wildman–Crippen MR) is 96.2 cm³/mol. The number of rotatable bonds is 7. The molecular formula is C19H28N4O. The van der Waals surface area contributed by atoms with Gasteiger partial charge in [-0.3, -0.25) is 4.90 Å². The maximum Gasteiger partial charge on any atom is 0.0648 e. The van der Waals surface area contributed by atoms with Gasteiger partial charge in [-0.15, -0.1) is 0 Å². The molecule has 0 unspecified atom stereocenters. The molecule has 0 amide bonds. The molecule has 5 nitrogen and oxygen atoms in total. The van der Waals surface area contributed by atoms with Gasteiger partial charge in [-0.2, -0.15) is 5.10 Å². The molecule has 2 heterocycles. The van der Waals surface area contributed by atoms with Crippen LogP contribution in [0.2, 0.25) is 0 Å². The minimum Gasteiger partial charge on any atom is -0.396 e. The zero-order valence-corrected chi connectivity index (χ0v) is 14.5. The first kappa shape index (κ1) is 17.1. The summed E-state index contributed by atoms with van der Waals surface area (Å²) in [6.07, 6.45) is 7.08. The van der Waals surface area contributed by atoms with Crippen LogP contribution in [0.1, 0.15) is 24.8 Å². The van der Waals surface area contributed by atoms with Crippen molar-refractivity contribution in [2.24, 2.45) is 0 Å². The normalized spacial score (nSPS) is 16.8. The Labute approximate surface area is 144 Å². The summed E-state index contributed by atoms with van der Waals surface area (Å²) in [5, 5.41) is 13.3. The van der Waals surface area contributed by atoms with Gasteiger partial charge in [-0.1, -0.05) is 12.1 Å². The monoisotopic (exact) mass is 328 g/mol. The minimum atomic E-state index is 0.287. The van der Waals surface area contributed by atoms with Crippen LogP contribution >= 0.6 is 0 Å². The Balaban J connectivity index is 1.52. The fourth-order valence-electron chi connectivity index (χ4n) is 3.50. The average Bonchev–Trinajstić information content (AvgIpc) is 3.15. The molecule has 130 valence electrons. The summed E-state index contributed by atoms with van der Waals surface area (Å²) in [5.74, 6) is 0. The second-order valence-electron chi connectivity index (χ2n) is 6.69. The van der Waals surface area contributed by atoms with Gasteiger partial charge in [0.05, 0.1) is 5.69 Å². The van der Waals surface area contributed by atoms with Gasteiger partial charge >= 0.3 is 0 Å². The van der Waals surface area contributed by atoms with E-state index in [1.807, 2.05) is 23.1 Å². The van der Waals surface area contributed by atoms with E-state index in [2.05, 4.69) is 46.2 Å². The lowest BCUT2D eigenvalue weighted by Gasteiger charge is -2.36. The number of hydrogen-bond acceptors (Lipinski definition) is 4. The van der Waals surface area contributed by atoms with Gasteiger partial charge in [0, 0.05) is 38.1 Å². The number of aliphatic hydroxyl groups is 1. The third kappa shape index (κ3) is 4.44. The highest BCUT2D eigenvalue weighted by atomic mass is 16.3. The van der Waals surface area contributed by atoms with Crippen molar-refractivity contribution in [1.29, 1.82) is 0 Å². The third-order valence-electron chi connectivity index (χ3n) is 4.94. The number of nitrogens with zero attached hydrogens (tertiary/aromatic N) is 4. The lowest BCUT2D eigenvalue weighted by Crippen LogP contribution is -2.43. The first-order valence-electron chi connectivity index (χ1n) is 8.88. The average molecular weight is 328 g/mol. The van der Waals surface area contributed by atoms with Crippen molar-refractivity contribution in [2.45, 2.75) is 31.8 Å². The Kier molecular flexibility index (Phi) is 6.01. The Morgan fingerprint density at radius 1 is 1.25 bits per heavy atom. The number of piperidine rings is 1. The van der Waals surface area contributed by atoms with Gasteiger partial charge in [0.2, 0.25) is 0 Å². The molecule has 1 aromatic carbocycles. The quantitative estimate of drug-likeness (QED) is 0.846. The van der Waals surface area contributed by atoms with E-state index in [9.17, 15) is 0 Å². The Hall–Kier alpha value is -1.69. The molecule has 2 aromatic rings. The molecule has 0 bridgehead atoms. The van der Waals surface area contributed by atoms with Crippen LogP contribution in [-0.4, -0.2) is 64.0 Å². The second kappa shape index (κ2) is 8.42. The van der Waals surface area contributed by atoms with E-state index < -0.39 is 0 Å². The van der Waals surface area contributed by atoms with Crippen LogP contribution in [0.4, 0.5) is 0 Å². The van der Waals surface area contributed by atoms with E-state index in [0.29, 0.717) is 6.04 Å². The highest BCUT2D eigenvalue weighted by Gasteiger charge is 2.22. The topological polar surface area (TPSA) is 44.5 Å². The van der Waals surface area contributed by atoms with Crippen molar-refractivity contribution in [2.75, 3.05) is 33.3 Å². The van der Waals surface area contributed by atoms with Crippen LogP contribution in [0.25, 0.3) is 5.69 Å². The molecule has 1 aliphatic rings. The van der Waals surface area contributed by atoms with Crippen LogP contribution in [-0.2, 0) is 6.54 Å². The standard InChI is InChI=1S/C19H28N4O/c1-21(10-4-14-24)18-7-12-22(13-8-18)16-17-5-2-6-19(15-17)23-11-3-9-20-23/h2-3,5-6,9,11,15,18,24H,4,7-8,10,12-14,16H2,1H3. The zero-order chi connectivity index (χ0) is 16.8. The number of aliphatic hydroxyl groups excluding tert-OH is 1. The van der Waals surface area contributed by atoms with Gasteiger partial charge in [0.25, 0.3) is 0 Å². The van der Waals surface area contributed by atoms with Crippen LogP contribution in [0, 0.1) is 0 Å². The smallest absolute Gasteiger partial charge is 0.0648 e. The molecule has 1 saturated heterocycles. The minimum absolute atomic E-state index is 0.287. The SMILES string of the molecule is CN(CCCO)C1CCN(Cc2cccc(-n3cccn3)c2)CC1. The zero-order valence-electron chi connectivity index (χ0n) is 14.5. The second-order valence-corrected chi connectivity index (χ2v) is 6.69. The van der Waals surface area contributed by atoms with E-state index in [1.54, 1.807) is 0 Å². The lowest BCUT2D eigenvalue weighted by molar-refractivity contribution is 0.117. The van der Waals surface area contributed by atoms with Crippen LogP contribution in [0.15, 0.2) is 42.7 Å².